The zero-order valence-corrected chi connectivity index (χ0v) is 21.5. The van der Waals surface area contributed by atoms with Crippen LogP contribution in [0.25, 0.3) is 5.69 Å². The number of halogens is 1. The molecule has 0 saturated carbocycles. The molecule has 0 spiro atoms. The van der Waals surface area contributed by atoms with Crippen LogP contribution in [-0.4, -0.2) is 26.7 Å². The molecule has 0 unspecified atom stereocenters. The first-order chi connectivity index (χ1) is 17.0. The normalized spacial score (nSPS) is 17.5. The van der Waals surface area contributed by atoms with Crippen LogP contribution in [0.2, 0.25) is 5.02 Å². The summed E-state index contributed by atoms with van der Waals surface area (Å²) in [5.41, 5.74) is 6.75. The lowest BCUT2D eigenvalue weighted by atomic mass is 9.96. The zero-order chi connectivity index (χ0) is 24.5. The third-order valence-corrected chi connectivity index (χ3v) is 7.19. The van der Waals surface area contributed by atoms with Gasteiger partial charge in [-0.2, -0.15) is 0 Å². The van der Waals surface area contributed by atoms with E-state index in [2.05, 4.69) is 70.0 Å². The lowest BCUT2D eigenvalue weighted by Gasteiger charge is -2.28. The topological polar surface area (TPSA) is 42.3 Å². The monoisotopic (exact) mass is 502 g/mol. The Balaban J connectivity index is 1.59. The highest BCUT2D eigenvalue weighted by atomic mass is 35.5. The second-order valence-electron chi connectivity index (χ2n) is 8.74. The molecule has 5 nitrogen and oxygen atoms in total. The van der Waals surface area contributed by atoms with Crippen LogP contribution in [0.4, 0.5) is 0 Å². The highest BCUT2D eigenvalue weighted by Crippen LogP contribution is 2.42. The molecule has 1 fully saturated rings. The van der Waals surface area contributed by atoms with Crippen molar-refractivity contribution in [2.75, 3.05) is 7.11 Å². The van der Waals surface area contributed by atoms with Crippen LogP contribution >= 0.6 is 23.8 Å². The smallest absolute Gasteiger partial charge is 0.170 e. The van der Waals surface area contributed by atoms with E-state index in [1.807, 2.05) is 42.6 Å². The molecule has 35 heavy (non-hydrogen) atoms. The Kier molecular flexibility index (Phi) is 6.50. The molecule has 1 N–H and O–H groups in total. The Morgan fingerprint density at radius 3 is 2.43 bits per heavy atom. The maximum Gasteiger partial charge on any atom is 0.170 e. The highest BCUT2D eigenvalue weighted by molar-refractivity contribution is 7.80. The molecule has 7 heteroatoms. The fourth-order valence-electron chi connectivity index (χ4n) is 4.92. The number of pyridine rings is 1. The van der Waals surface area contributed by atoms with Crippen LogP contribution < -0.4 is 10.1 Å². The van der Waals surface area contributed by atoms with Crippen molar-refractivity contribution < 1.29 is 4.74 Å². The molecular weight excluding hydrogens is 476 g/mol. The molecule has 4 aromatic rings. The summed E-state index contributed by atoms with van der Waals surface area (Å²) in [5.74, 6) is 0.838. The van der Waals surface area contributed by atoms with Gasteiger partial charge in [-0.3, -0.25) is 4.98 Å². The standard InChI is InChI=1S/C28H27ClN4OS/c1-18-16-24(19(2)33(18)22-11-9-21(29)10-12-22)27-26(25-6-4-5-15-30-25)31-28(35)32(27)17-20-7-13-23(34-3)14-8-20/h4-16,26-27H,17H2,1-3H3,(H,31,35)/t26-,27+/m1/s1. The average molecular weight is 503 g/mol. The molecule has 2 aromatic carbocycles. The summed E-state index contributed by atoms with van der Waals surface area (Å²) in [6, 6.07) is 24.3. The molecule has 2 aromatic heterocycles. The molecule has 0 bridgehead atoms. The Morgan fingerprint density at radius 1 is 1.03 bits per heavy atom. The largest absolute Gasteiger partial charge is 0.497 e. The van der Waals surface area contributed by atoms with Gasteiger partial charge in [0.05, 0.1) is 24.9 Å². The number of thiocarbonyl (C=S) groups is 1. The van der Waals surface area contributed by atoms with E-state index < -0.39 is 0 Å². The van der Waals surface area contributed by atoms with Crippen molar-refractivity contribution in [3.63, 3.8) is 0 Å². The highest BCUT2D eigenvalue weighted by Gasteiger charge is 2.41. The van der Waals surface area contributed by atoms with Crippen molar-refractivity contribution in [1.29, 1.82) is 0 Å². The number of hydrogen-bond donors (Lipinski definition) is 1. The molecule has 0 radical (unpaired) electrons. The van der Waals surface area contributed by atoms with Crippen LogP contribution in [0.3, 0.4) is 0 Å². The van der Waals surface area contributed by atoms with Crippen molar-refractivity contribution >= 4 is 28.9 Å². The lowest BCUT2D eigenvalue weighted by molar-refractivity contribution is 0.310. The van der Waals surface area contributed by atoms with Gasteiger partial charge in [0.25, 0.3) is 0 Å². The van der Waals surface area contributed by atoms with Gasteiger partial charge in [-0.25, -0.2) is 0 Å². The summed E-state index contributed by atoms with van der Waals surface area (Å²) in [5, 5.41) is 5.00. The van der Waals surface area contributed by atoms with Crippen molar-refractivity contribution in [3.8, 4) is 11.4 Å². The molecule has 0 aliphatic carbocycles. The van der Waals surface area contributed by atoms with Gasteiger partial charge in [0.1, 0.15) is 5.75 Å². The molecule has 1 aliphatic heterocycles. The molecule has 178 valence electrons. The molecule has 1 saturated heterocycles. The van der Waals surface area contributed by atoms with E-state index in [1.54, 1.807) is 7.11 Å². The van der Waals surface area contributed by atoms with Crippen LogP contribution in [0, 0.1) is 13.8 Å². The maximum absolute atomic E-state index is 6.15. The fraction of sp³-hybridized carbons (Fsp3) is 0.214. The first-order valence-electron chi connectivity index (χ1n) is 11.5. The summed E-state index contributed by atoms with van der Waals surface area (Å²) < 4.78 is 7.61. The Morgan fingerprint density at radius 2 is 1.77 bits per heavy atom. The minimum absolute atomic E-state index is 0.0215. The SMILES string of the molecule is COc1ccc(CN2C(=S)N[C@H](c3ccccn3)[C@@H]2c2cc(C)n(-c3ccc(Cl)cc3)c2C)cc1. The first kappa shape index (κ1) is 23.4. The number of benzene rings is 2. The van der Waals surface area contributed by atoms with Crippen LogP contribution in [0.1, 0.15) is 40.3 Å². The molecular formula is C28H27ClN4OS. The van der Waals surface area contributed by atoms with Crippen molar-refractivity contribution in [2.24, 2.45) is 0 Å². The van der Waals surface area contributed by atoms with E-state index in [1.165, 1.54) is 11.3 Å². The first-order valence-corrected chi connectivity index (χ1v) is 12.3. The van der Waals surface area contributed by atoms with Gasteiger partial charge in [0.15, 0.2) is 5.11 Å². The van der Waals surface area contributed by atoms with E-state index >= 15 is 0 Å². The summed E-state index contributed by atoms with van der Waals surface area (Å²) >= 11 is 12.0. The number of nitrogens with one attached hydrogen (secondary N) is 1. The quantitative estimate of drug-likeness (QED) is 0.312. The van der Waals surface area contributed by atoms with E-state index in [0.717, 1.165) is 38.5 Å². The molecule has 0 amide bonds. The Hall–Kier alpha value is -3.35. The van der Waals surface area contributed by atoms with E-state index in [4.69, 9.17) is 28.6 Å². The van der Waals surface area contributed by atoms with E-state index in [-0.39, 0.29) is 12.1 Å². The summed E-state index contributed by atoms with van der Waals surface area (Å²) in [6.07, 6.45) is 1.83. The Bertz CT molecular complexity index is 1340. The van der Waals surface area contributed by atoms with Crippen LogP contribution in [0.15, 0.2) is 79.0 Å². The van der Waals surface area contributed by atoms with Crippen molar-refractivity contribution in [3.05, 3.63) is 112 Å². The second-order valence-corrected chi connectivity index (χ2v) is 9.56. The zero-order valence-electron chi connectivity index (χ0n) is 19.9. The third kappa shape index (κ3) is 4.51. The number of hydrogen-bond acceptors (Lipinski definition) is 3. The molecule has 2 atom stereocenters. The van der Waals surface area contributed by atoms with Gasteiger partial charge < -0.3 is 19.5 Å². The van der Waals surface area contributed by atoms with Crippen molar-refractivity contribution in [1.82, 2.24) is 19.8 Å². The van der Waals surface area contributed by atoms with Gasteiger partial charge >= 0.3 is 0 Å². The minimum Gasteiger partial charge on any atom is -0.497 e. The van der Waals surface area contributed by atoms with E-state index in [0.29, 0.717) is 6.54 Å². The minimum atomic E-state index is -0.0684. The lowest BCUT2D eigenvalue weighted by Crippen LogP contribution is -2.29. The molecule has 3 heterocycles. The second kappa shape index (κ2) is 9.72. The predicted octanol–water partition coefficient (Wildman–Crippen LogP) is 6.32. The summed E-state index contributed by atoms with van der Waals surface area (Å²) in [4.78, 5) is 6.94. The molecule has 1 aliphatic rings. The summed E-state index contributed by atoms with van der Waals surface area (Å²) in [7, 11) is 1.68. The summed E-state index contributed by atoms with van der Waals surface area (Å²) in [6.45, 7) is 4.98. The van der Waals surface area contributed by atoms with Gasteiger partial charge in [-0.1, -0.05) is 29.8 Å². The van der Waals surface area contributed by atoms with Gasteiger partial charge in [-0.05, 0) is 91.8 Å². The predicted molar refractivity (Wildman–Crippen MR) is 144 cm³/mol. The number of methoxy groups -OCH3 is 1. The van der Waals surface area contributed by atoms with Gasteiger partial charge in [0.2, 0.25) is 0 Å². The maximum atomic E-state index is 6.15. The fourth-order valence-corrected chi connectivity index (χ4v) is 5.35. The third-order valence-electron chi connectivity index (χ3n) is 6.58. The number of nitrogens with zero attached hydrogens (tertiary/aromatic N) is 3. The van der Waals surface area contributed by atoms with Gasteiger partial charge in [0, 0.05) is 34.8 Å². The number of ether oxygens (including phenoxy) is 1. The number of rotatable bonds is 6. The Labute approximate surface area is 216 Å². The average Bonchev–Trinajstić information content (AvgIpc) is 3.35. The number of aromatic nitrogens is 2. The van der Waals surface area contributed by atoms with Crippen LogP contribution in [0.5, 0.6) is 5.75 Å². The molecule has 5 rings (SSSR count). The number of aryl methyl sites for hydroxylation is 1. The van der Waals surface area contributed by atoms with E-state index in [9.17, 15) is 0 Å². The van der Waals surface area contributed by atoms with Crippen LogP contribution in [-0.2, 0) is 6.54 Å². The van der Waals surface area contributed by atoms with Crippen molar-refractivity contribution in [2.45, 2.75) is 32.5 Å². The van der Waals surface area contributed by atoms with Gasteiger partial charge in [-0.15, -0.1) is 0 Å².